The SMILES string of the molecule is CC(C)CCNC(=O)COC(=O)c1ccc(C2SCCS2)cc1. The van der Waals surface area contributed by atoms with Gasteiger partial charge >= 0.3 is 5.97 Å². The first kappa shape index (κ1) is 18.2. The molecule has 0 radical (unpaired) electrons. The van der Waals surface area contributed by atoms with Gasteiger partial charge in [-0.3, -0.25) is 4.79 Å². The number of hydrogen-bond acceptors (Lipinski definition) is 5. The first-order chi connectivity index (χ1) is 11.1. The topological polar surface area (TPSA) is 55.4 Å². The minimum atomic E-state index is -0.456. The number of rotatable bonds is 7. The molecule has 1 fully saturated rings. The summed E-state index contributed by atoms with van der Waals surface area (Å²) in [6.45, 7) is 4.57. The van der Waals surface area contributed by atoms with Gasteiger partial charge in [0, 0.05) is 18.1 Å². The maximum atomic E-state index is 12.0. The number of esters is 1. The van der Waals surface area contributed by atoms with Crippen molar-refractivity contribution >= 4 is 35.4 Å². The lowest BCUT2D eigenvalue weighted by Crippen LogP contribution is -2.30. The molecule has 1 aliphatic heterocycles. The van der Waals surface area contributed by atoms with Crippen LogP contribution in [0.5, 0.6) is 0 Å². The highest BCUT2D eigenvalue weighted by molar-refractivity contribution is 8.19. The smallest absolute Gasteiger partial charge is 0.338 e. The molecule has 0 bridgehead atoms. The number of ether oxygens (including phenoxy) is 1. The molecule has 23 heavy (non-hydrogen) atoms. The van der Waals surface area contributed by atoms with E-state index >= 15 is 0 Å². The molecule has 1 aliphatic rings. The molecule has 0 aliphatic carbocycles. The molecule has 0 atom stereocenters. The monoisotopic (exact) mass is 353 g/mol. The van der Waals surface area contributed by atoms with Gasteiger partial charge in [0.1, 0.15) is 0 Å². The van der Waals surface area contributed by atoms with Crippen molar-refractivity contribution in [1.82, 2.24) is 5.32 Å². The quantitative estimate of drug-likeness (QED) is 0.761. The van der Waals surface area contributed by atoms with E-state index in [9.17, 15) is 9.59 Å². The highest BCUT2D eigenvalue weighted by Crippen LogP contribution is 2.45. The summed E-state index contributed by atoms with van der Waals surface area (Å²) in [5.41, 5.74) is 1.71. The summed E-state index contributed by atoms with van der Waals surface area (Å²) in [4.78, 5) is 23.5. The van der Waals surface area contributed by atoms with Gasteiger partial charge in [-0.05, 0) is 30.0 Å². The second-order valence-electron chi connectivity index (χ2n) is 5.80. The summed E-state index contributed by atoms with van der Waals surface area (Å²) in [7, 11) is 0. The van der Waals surface area contributed by atoms with Crippen LogP contribution < -0.4 is 5.32 Å². The van der Waals surface area contributed by atoms with Crippen LogP contribution in [0.4, 0.5) is 0 Å². The Kier molecular flexibility index (Phi) is 7.30. The molecule has 0 saturated carbocycles. The second-order valence-corrected chi connectivity index (χ2v) is 8.53. The van der Waals surface area contributed by atoms with E-state index in [0.29, 0.717) is 22.6 Å². The molecular formula is C17H23NO3S2. The fourth-order valence-corrected chi connectivity index (χ4v) is 4.95. The Morgan fingerprint density at radius 1 is 1.22 bits per heavy atom. The van der Waals surface area contributed by atoms with E-state index in [0.717, 1.165) is 6.42 Å². The van der Waals surface area contributed by atoms with E-state index in [-0.39, 0.29) is 12.5 Å². The van der Waals surface area contributed by atoms with Crippen molar-refractivity contribution in [3.8, 4) is 0 Å². The highest BCUT2D eigenvalue weighted by Gasteiger charge is 2.18. The Balaban J connectivity index is 1.75. The summed E-state index contributed by atoms with van der Waals surface area (Å²) < 4.78 is 5.52. The summed E-state index contributed by atoms with van der Waals surface area (Å²) in [6, 6.07) is 7.48. The third-order valence-electron chi connectivity index (χ3n) is 3.42. The minimum absolute atomic E-state index is 0.229. The third-order valence-corrected chi connectivity index (χ3v) is 6.52. The van der Waals surface area contributed by atoms with Crippen molar-refractivity contribution in [2.75, 3.05) is 24.7 Å². The largest absolute Gasteiger partial charge is 0.452 e. The molecule has 0 unspecified atom stereocenters. The zero-order valence-electron chi connectivity index (χ0n) is 13.5. The van der Waals surface area contributed by atoms with E-state index in [1.54, 1.807) is 12.1 Å². The molecule has 1 aromatic carbocycles. The first-order valence-corrected chi connectivity index (χ1v) is 9.93. The molecule has 1 heterocycles. The number of amides is 1. The van der Waals surface area contributed by atoms with Crippen LogP contribution in [0.25, 0.3) is 0 Å². The third kappa shape index (κ3) is 6.11. The minimum Gasteiger partial charge on any atom is -0.452 e. The van der Waals surface area contributed by atoms with Gasteiger partial charge in [-0.2, -0.15) is 0 Å². The van der Waals surface area contributed by atoms with Crippen molar-refractivity contribution in [2.45, 2.75) is 24.9 Å². The van der Waals surface area contributed by atoms with Crippen molar-refractivity contribution in [2.24, 2.45) is 5.92 Å². The zero-order valence-corrected chi connectivity index (χ0v) is 15.2. The summed E-state index contributed by atoms with van der Waals surface area (Å²) >= 11 is 3.85. The predicted molar refractivity (Wildman–Crippen MR) is 96.8 cm³/mol. The Morgan fingerprint density at radius 2 is 1.87 bits per heavy atom. The molecule has 1 amide bonds. The van der Waals surface area contributed by atoms with Crippen molar-refractivity contribution in [3.63, 3.8) is 0 Å². The molecule has 4 nitrogen and oxygen atoms in total. The number of carbonyl (C=O) groups is 2. The van der Waals surface area contributed by atoms with Crippen molar-refractivity contribution in [3.05, 3.63) is 35.4 Å². The molecule has 0 aromatic heterocycles. The van der Waals surface area contributed by atoms with Gasteiger partial charge in [-0.25, -0.2) is 4.79 Å². The maximum absolute atomic E-state index is 12.0. The van der Waals surface area contributed by atoms with Crippen LogP contribution in [0.15, 0.2) is 24.3 Å². The van der Waals surface area contributed by atoms with E-state index in [1.165, 1.54) is 17.1 Å². The first-order valence-electron chi connectivity index (χ1n) is 7.83. The lowest BCUT2D eigenvalue weighted by atomic mass is 10.1. The van der Waals surface area contributed by atoms with Crippen LogP contribution in [-0.2, 0) is 9.53 Å². The van der Waals surface area contributed by atoms with Crippen LogP contribution in [-0.4, -0.2) is 36.5 Å². The Labute approximate surface area is 146 Å². The number of hydrogen-bond donors (Lipinski definition) is 1. The van der Waals surface area contributed by atoms with Gasteiger partial charge in [0.15, 0.2) is 6.61 Å². The molecule has 2 rings (SSSR count). The van der Waals surface area contributed by atoms with Crippen LogP contribution in [0, 0.1) is 5.92 Å². The fourth-order valence-electron chi connectivity index (χ4n) is 2.09. The lowest BCUT2D eigenvalue weighted by molar-refractivity contribution is -0.124. The van der Waals surface area contributed by atoms with Crippen molar-refractivity contribution < 1.29 is 14.3 Å². The number of benzene rings is 1. The van der Waals surface area contributed by atoms with Gasteiger partial charge in [-0.15, -0.1) is 23.5 Å². The lowest BCUT2D eigenvalue weighted by Gasteiger charge is -2.10. The number of thioether (sulfide) groups is 2. The van der Waals surface area contributed by atoms with Gasteiger partial charge in [0.05, 0.1) is 10.1 Å². The Bertz CT molecular complexity index is 525. The van der Waals surface area contributed by atoms with Crippen LogP contribution in [0.3, 0.4) is 0 Å². The predicted octanol–water partition coefficient (Wildman–Crippen LogP) is 3.48. The molecule has 1 saturated heterocycles. The second kappa shape index (κ2) is 9.23. The Morgan fingerprint density at radius 3 is 2.48 bits per heavy atom. The molecule has 1 aromatic rings. The van der Waals surface area contributed by atoms with Crippen LogP contribution in [0.1, 0.15) is 40.8 Å². The van der Waals surface area contributed by atoms with Gasteiger partial charge in [0.2, 0.25) is 0 Å². The summed E-state index contributed by atoms with van der Waals surface area (Å²) in [5, 5.41) is 2.75. The highest BCUT2D eigenvalue weighted by atomic mass is 32.2. The zero-order chi connectivity index (χ0) is 16.7. The van der Waals surface area contributed by atoms with Gasteiger partial charge in [-0.1, -0.05) is 26.0 Å². The fraction of sp³-hybridized carbons (Fsp3) is 0.529. The van der Waals surface area contributed by atoms with Crippen molar-refractivity contribution in [1.29, 1.82) is 0 Å². The van der Waals surface area contributed by atoms with E-state index < -0.39 is 5.97 Å². The van der Waals surface area contributed by atoms with Gasteiger partial charge < -0.3 is 10.1 Å². The molecule has 6 heteroatoms. The van der Waals surface area contributed by atoms with E-state index in [4.69, 9.17) is 4.74 Å². The molecular weight excluding hydrogens is 330 g/mol. The maximum Gasteiger partial charge on any atom is 0.338 e. The van der Waals surface area contributed by atoms with Crippen LogP contribution in [0.2, 0.25) is 0 Å². The van der Waals surface area contributed by atoms with Crippen LogP contribution >= 0.6 is 23.5 Å². The standard InChI is InChI=1S/C17H23NO3S2/c1-12(2)7-8-18-15(19)11-21-16(20)13-3-5-14(6-4-13)17-22-9-10-23-17/h3-6,12,17H,7-11H2,1-2H3,(H,18,19). The summed E-state index contributed by atoms with van der Waals surface area (Å²) in [6.07, 6.45) is 0.915. The molecule has 126 valence electrons. The molecule has 0 spiro atoms. The number of nitrogens with one attached hydrogen (secondary N) is 1. The average Bonchev–Trinajstić information content (AvgIpc) is 3.07. The van der Waals surface area contributed by atoms with E-state index in [2.05, 4.69) is 19.2 Å². The van der Waals surface area contributed by atoms with E-state index in [1.807, 2.05) is 35.7 Å². The van der Waals surface area contributed by atoms with Gasteiger partial charge in [0.25, 0.3) is 5.91 Å². The normalized spacial score (nSPS) is 14.9. The summed E-state index contributed by atoms with van der Waals surface area (Å²) in [5.74, 6) is 2.17. The Hall–Kier alpha value is -1.14. The number of carbonyl (C=O) groups excluding carboxylic acids is 2. The average molecular weight is 354 g/mol. The molecule has 1 N–H and O–H groups in total.